The Kier molecular flexibility index (Phi) is 5.29. The van der Waals surface area contributed by atoms with Gasteiger partial charge in [-0.15, -0.1) is 0 Å². The topological polar surface area (TPSA) is 64.4 Å². The molecule has 1 aliphatic heterocycles. The molecule has 2 aromatic rings. The Morgan fingerprint density at radius 3 is 2.56 bits per heavy atom. The number of carbonyl (C=O) groups excluding carboxylic acids is 1. The van der Waals surface area contributed by atoms with E-state index in [1.165, 1.54) is 0 Å². The van der Waals surface area contributed by atoms with Gasteiger partial charge in [0.2, 0.25) is 0 Å². The van der Waals surface area contributed by atoms with Gasteiger partial charge >= 0.3 is 6.09 Å². The number of amides is 1. The van der Waals surface area contributed by atoms with E-state index < -0.39 is 11.7 Å². The van der Waals surface area contributed by atoms with Gasteiger partial charge < -0.3 is 9.64 Å². The molecular formula is C20H24ClN3O3. The van der Waals surface area contributed by atoms with Gasteiger partial charge in [0.15, 0.2) is 0 Å². The van der Waals surface area contributed by atoms with Crippen molar-refractivity contribution in [3.05, 3.63) is 62.3 Å². The van der Waals surface area contributed by atoms with Crippen molar-refractivity contribution in [3.63, 3.8) is 0 Å². The van der Waals surface area contributed by atoms with Crippen LogP contribution in [0, 0.1) is 6.92 Å². The summed E-state index contributed by atoms with van der Waals surface area (Å²) >= 11 is 5.93. The minimum Gasteiger partial charge on any atom is -0.444 e. The zero-order valence-corrected chi connectivity index (χ0v) is 16.8. The van der Waals surface area contributed by atoms with Crippen molar-refractivity contribution in [1.29, 1.82) is 0 Å². The van der Waals surface area contributed by atoms with E-state index in [0.29, 0.717) is 35.9 Å². The standard InChI is InChI=1S/C20H24ClN3O3/c1-13-22-17-9-10-23(19(26)27-20(2,3)4)12-16(17)18(25)24(13)11-14-5-7-15(21)8-6-14/h5-8H,9-12H2,1-4H3. The summed E-state index contributed by atoms with van der Waals surface area (Å²) in [4.78, 5) is 31.6. The van der Waals surface area contributed by atoms with E-state index in [4.69, 9.17) is 16.3 Å². The van der Waals surface area contributed by atoms with Gasteiger partial charge in [-0.3, -0.25) is 9.36 Å². The number of aromatic nitrogens is 2. The molecule has 1 aromatic carbocycles. The van der Waals surface area contributed by atoms with Crippen molar-refractivity contribution in [1.82, 2.24) is 14.5 Å². The highest BCUT2D eigenvalue weighted by atomic mass is 35.5. The van der Waals surface area contributed by atoms with E-state index in [9.17, 15) is 9.59 Å². The summed E-state index contributed by atoms with van der Waals surface area (Å²) in [6.07, 6.45) is 0.143. The summed E-state index contributed by atoms with van der Waals surface area (Å²) in [6, 6.07) is 7.38. The number of halogens is 1. The number of hydrogen-bond acceptors (Lipinski definition) is 4. The van der Waals surface area contributed by atoms with Gasteiger partial charge in [0, 0.05) is 18.0 Å². The zero-order chi connectivity index (χ0) is 19.8. The highest BCUT2D eigenvalue weighted by molar-refractivity contribution is 6.30. The van der Waals surface area contributed by atoms with Crippen LogP contribution in [0.4, 0.5) is 4.79 Å². The third-order valence-corrected chi connectivity index (χ3v) is 4.66. The van der Waals surface area contributed by atoms with Crippen LogP contribution in [0.3, 0.4) is 0 Å². The molecule has 0 N–H and O–H groups in total. The van der Waals surface area contributed by atoms with Crippen LogP contribution in [0.2, 0.25) is 5.02 Å². The summed E-state index contributed by atoms with van der Waals surface area (Å²) in [6.45, 7) is 8.44. The smallest absolute Gasteiger partial charge is 0.410 e. The molecule has 1 aromatic heterocycles. The quantitative estimate of drug-likeness (QED) is 0.787. The molecule has 0 atom stereocenters. The Labute approximate surface area is 163 Å². The fraction of sp³-hybridized carbons (Fsp3) is 0.450. The lowest BCUT2D eigenvalue weighted by Gasteiger charge is -2.31. The second-order valence-corrected chi connectivity index (χ2v) is 8.19. The van der Waals surface area contributed by atoms with Gasteiger partial charge in [-0.2, -0.15) is 0 Å². The van der Waals surface area contributed by atoms with E-state index in [2.05, 4.69) is 4.98 Å². The molecule has 7 heteroatoms. The molecule has 6 nitrogen and oxygen atoms in total. The first-order valence-corrected chi connectivity index (χ1v) is 9.33. The normalized spacial score (nSPS) is 14.0. The first-order valence-electron chi connectivity index (χ1n) is 8.95. The van der Waals surface area contributed by atoms with Crippen molar-refractivity contribution >= 4 is 17.7 Å². The summed E-state index contributed by atoms with van der Waals surface area (Å²) in [5.41, 5.74) is 1.61. The maximum atomic E-state index is 13.1. The lowest BCUT2D eigenvalue weighted by atomic mass is 10.1. The average Bonchev–Trinajstić information content (AvgIpc) is 2.58. The molecule has 0 bridgehead atoms. The number of aryl methyl sites for hydroxylation is 1. The monoisotopic (exact) mass is 389 g/mol. The van der Waals surface area contributed by atoms with Crippen LogP contribution in [-0.4, -0.2) is 32.7 Å². The van der Waals surface area contributed by atoms with Crippen LogP contribution < -0.4 is 5.56 Å². The number of ether oxygens (including phenoxy) is 1. The number of hydrogen-bond donors (Lipinski definition) is 0. The molecule has 0 radical (unpaired) electrons. The second-order valence-electron chi connectivity index (χ2n) is 7.75. The van der Waals surface area contributed by atoms with Gasteiger partial charge in [0.25, 0.3) is 5.56 Å². The van der Waals surface area contributed by atoms with Crippen LogP contribution in [0.25, 0.3) is 0 Å². The van der Waals surface area contributed by atoms with Crippen molar-refractivity contribution in [2.45, 2.75) is 52.8 Å². The molecule has 1 aliphatic rings. The Morgan fingerprint density at radius 2 is 1.93 bits per heavy atom. The Morgan fingerprint density at radius 1 is 1.26 bits per heavy atom. The fourth-order valence-corrected chi connectivity index (χ4v) is 3.20. The summed E-state index contributed by atoms with van der Waals surface area (Å²) in [5, 5.41) is 0.652. The molecule has 0 unspecified atom stereocenters. The van der Waals surface area contributed by atoms with Crippen molar-refractivity contribution in [2.24, 2.45) is 0 Å². The number of fused-ring (bicyclic) bond motifs is 1. The van der Waals surface area contributed by atoms with E-state index in [-0.39, 0.29) is 12.1 Å². The number of carbonyl (C=O) groups is 1. The lowest BCUT2D eigenvalue weighted by molar-refractivity contribution is 0.0221. The Bertz CT molecular complexity index is 914. The van der Waals surface area contributed by atoms with Crippen molar-refractivity contribution in [2.75, 3.05) is 6.54 Å². The van der Waals surface area contributed by atoms with Crippen molar-refractivity contribution < 1.29 is 9.53 Å². The molecular weight excluding hydrogens is 366 g/mol. The molecule has 0 saturated heterocycles. The van der Waals surface area contributed by atoms with Gasteiger partial charge in [-0.25, -0.2) is 9.78 Å². The fourth-order valence-electron chi connectivity index (χ4n) is 3.07. The Balaban J connectivity index is 1.88. The van der Waals surface area contributed by atoms with Gasteiger partial charge in [-0.1, -0.05) is 23.7 Å². The van der Waals surface area contributed by atoms with Gasteiger partial charge in [0.1, 0.15) is 11.4 Å². The third-order valence-electron chi connectivity index (χ3n) is 4.41. The average molecular weight is 390 g/mol. The van der Waals surface area contributed by atoms with E-state index in [1.807, 2.05) is 39.8 Å². The predicted octanol–water partition coefficient (Wildman–Crippen LogP) is 3.55. The van der Waals surface area contributed by atoms with Gasteiger partial charge in [0.05, 0.1) is 24.3 Å². The molecule has 27 heavy (non-hydrogen) atoms. The van der Waals surface area contributed by atoms with Crippen LogP contribution in [-0.2, 0) is 24.2 Å². The minimum atomic E-state index is -0.572. The van der Waals surface area contributed by atoms with Crippen LogP contribution in [0.5, 0.6) is 0 Å². The number of nitrogens with zero attached hydrogens (tertiary/aromatic N) is 3. The third kappa shape index (κ3) is 4.50. The maximum Gasteiger partial charge on any atom is 0.410 e. The Hall–Kier alpha value is -2.34. The van der Waals surface area contributed by atoms with Crippen LogP contribution in [0.15, 0.2) is 29.1 Å². The molecule has 0 aliphatic carbocycles. The largest absolute Gasteiger partial charge is 0.444 e. The summed E-state index contributed by atoms with van der Waals surface area (Å²) in [5.74, 6) is 0.666. The highest BCUT2D eigenvalue weighted by Crippen LogP contribution is 2.18. The van der Waals surface area contributed by atoms with Gasteiger partial charge in [-0.05, 0) is 45.4 Å². The molecule has 3 rings (SSSR count). The van der Waals surface area contributed by atoms with E-state index in [0.717, 1.165) is 11.3 Å². The molecule has 144 valence electrons. The first-order chi connectivity index (χ1) is 12.6. The first kappa shape index (κ1) is 19.4. The van der Waals surface area contributed by atoms with Crippen molar-refractivity contribution in [3.8, 4) is 0 Å². The number of rotatable bonds is 2. The maximum absolute atomic E-state index is 13.1. The molecule has 0 spiro atoms. The lowest BCUT2D eigenvalue weighted by Crippen LogP contribution is -2.43. The number of benzene rings is 1. The highest BCUT2D eigenvalue weighted by Gasteiger charge is 2.28. The summed E-state index contributed by atoms with van der Waals surface area (Å²) < 4.78 is 7.08. The molecule has 2 heterocycles. The van der Waals surface area contributed by atoms with Crippen LogP contribution >= 0.6 is 11.6 Å². The molecule has 1 amide bonds. The molecule has 0 saturated carbocycles. The second kappa shape index (κ2) is 7.35. The van der Waals surface area contributed by atoms with E-state index in [1.54, 1.807) is 21.6 Å². The van der Waals surface area contributed by atoms with E-state index >= 15 is 0 Å². The van der Waals surface area contributed by atoms with Crippen LogP contribution in [0.1, 0.15) is 43.4 Å². The minimum absolute atomic E-state index is 0.110. The zero-order valence-electron chi connectivity index (χ0n) is 16.1. The molecule has 0 fully saturated rings. The SMILES string of the molecule is Cc1nc2c(c(=O)n1Cc1ccc(Cl)cc1)CN(C(=O)OC(C)(C)C)CC2. The predicted molar refractivity (Wildman–Crippen MR) is 104 cm³/mol. The summed E-state index contributed by atoms with van der Waals surface area (Å²) in [7, 11) is 0.